The molecule has 0 aromatic heterocycles. The maximum atomic E-state index is 12.2. The average molecular weight is 267 g/mol. The van der Waals surface area contributed by atoms with Crippen molar-refractivity contribution in [2.75, 3.05) is 39.3 Å². The van der Waals surface area contributed by atoms with Crippen molar-refractivity contribution in [2.45, 2.75) is 45.6 Å². The first-order valence-corrected chi connectivity index (χ1v) is 7.93. The minimum atomic E-state index is 0.371. The molecule has 2 aliphatic rings. The van der Waals surface area contributed by atoms with Gasteiger partial charge in [0.15, 0.2) is 0 Å². The maximum absolute atomic E-state index is 12.2. The summed E-state index contributed by atoms with van der Waals surface area (Å²) in [5.41, 5.74) is 0. The van der Waals surface area contributed by atoms with Gasteiger partial charge in [-0.25, -0.2) is 0 Å². The smallest absolute Gasteiger partial charge is 0.222 e. The SMILES string of the molecule is CCC(C)N1CCN(C(=O)CCC2CCNC2)CC1. The number of nitrogens with zero attached hydrogens (tertiary/aromatic N) is 2. The van der Waals surface area contributed by atoms with Gasteiger partial charge in [-0.2, -0.15) is 0 Å². The van der Waals surface area contributed by atoms with Gasteiger partial charge in [0.05, 0.1) is 0 Å². The van der Waals surface area contributed by atoms with Crippen LogP contribution in [0, 0.1) is 5.92 Å². The summed E-state index contributed by atoms with van der Waals surface area (Å²) >= 11 is 0. The van der Waals surface area contributed by atoms with Crippen LogP contribution in [0.4, 0.5) is 0 Å². The molecule has 2 aliphatic heterocycles. The molecule has 2 heterocycles. The van der Waals surface area contributed by atoms with Crippen molar-refractivity contribution in [1.82, 2.24) is 15.1 Å². The predicted octanol–water partition coefficient (Wildman–Crippen LogP) is 1.32. The Morgan fingerprint density at radius 1 is 1.32 bits per heavy atom. The molecule has 2 fully saturated rings. The Morgan fingerprint density at radius 3 is 2.63 bits per heavy atom. The quantitative estimate of drug-likeness (QED) is 0.816. The van der Waals surface area contributed by atoms with Crippen molar-refractivity contribution in [1.29, 1.82) is 0 Å². The van der Waals surface area contributed by atoms with E-state index in [-0.39, 0.29) is 0 Å². The average Bonchev–Trinajstić information content (AvgIpc) is 2.97. The van der Waals surface area contributed by atoms with Gasteiger partial charge in [-0.3, -0.25) is 9.69 Å². The number of carbonyl (C=O) groups excluding carboxylic acids is 1. The molecule has 1 N–H and O–H groups in total. The van der Waals surface area contributed by atoms with Crippen LogP contribution in [0.15, 0.2) is 0 Å². The van der Waals surface area contributed by atoms with E-state index in [1.165, 1.54) is 12.8 Å². The van der Waals surface area contributed by atoms with Gasteiger partial charge in [-0.05, 0) is 45.2 Å². The Hall–Kier alpha value is -0.610. The van der Waals surface area contributed by atoms with E-state index < -0.39 is 0 Å². The molecule has 4 heteroatoms. The van der Waals surface area contributed by atoms with Crippen LogP contribution in [0.1, 0.15) is 39.5 Å². The molecule has 0 aromatic rings. The van der Waals surface area contributed by atoms with Gasteiger partial charge in [-0.1, -0.05) is 6.92 Å². The Balaban J connectivity index is 1.67. The lowest BCUT2D eigenvalue weighted by Crippen LogP contribution is -2.51. The van der Waals surface area contributed by atoms with E-state index in [0.29, 0.717) is 11.9 Å². The van der Waals surface area contributed by atoms with Gasteiger partial charge < -0.3 is 10.2 Å². The Labute approximate surface area is 117 Å². The van der Waals surface area contributed by atoms with Crippen molar-refractivity contribution in [3.8, 4) is 0 Å². The number of nitrogens with one attached hydrogen (secondary N) is 1. The number of hydrogen-bond acceptors (Lipinski definition) is 3. The van der Waals surface area contributed by atoms with Crippen LogP contribution in [0.25, 0.3) is 0 Å². The highest BCUT2D eigenvalue weighted by Crippen LogP contribution is 2.16. The molecule has 0 aromatic carbocycles. The molecular formula is C15H29N3O. The Kier molecular flexibility index (Phi) is 5.64. The molecule has 0 bridgehead atoms. The minimum Gasteiger partial charge on any atom is -0.340 e. The molecule has 0 aliphatic carbocycles. The second kappa shape index (κ2) is 7.25. The van der Waals surface area contributed by atoms with Crippen LogP contribution in [0.5, 0.6) is 0 Å². The third kappa shape index (κ3) is 4.18. The molecule has 0 spiro atoms. The lowest BCUT2D eigenvalue weighted by atomic mass is 10.0. The largest absolute Gasteiger partial charge is 0.340 e. The molecule has 0 saturated carbocycles. The highest BCUT2D eigenvalue weighted by Gasteiger charge is 2.24. The summed E-state index contributed by atoms with van der Waals surface area (Å²) in [6.45, 7) is 10.7. The minimum absolute atomic E-state index is 0.371. The van der Waals surface area contributed by atoms with Crippen LogP contribution < -0.4 is 5.32 Å². The number of carbonyl (C=O) groups is 1. The zero-order chi connectivity index (χ0) is 13.7. The molecule has 2 saturated heterocycles. The highest BCUT2D eigenvalue weighted by atomic mass is 16.2. The fourth-order valence-corrected chi connectivity index (χ4v) is 3.12. The van der Waals surface area contributed by atoms with Crippen molar-refractivity contribution in [3.63, 3.8) is 0 Å². The number of amides is 1. The standard InChI is InChI=1S/C15H29N3O/c1-3-13(2)17-8-10-18(11-9-17)15(19)5-4-14-6-7-16-12-14/h13-14,16H,3-12H2,1-2H3. The number of piperazine rings is 1. The van der Waals surface area contributed by atoms with Gasteiger partial charge in [-0.15, -0.1) is 0 Å². The number of rotatable bonds is 5. The van der Waals surface area contributed by atoms with E-state index >= 15 is 0 Å². The summed E-state index contributed by atoms with van der Waals surface area (Å²) in [6, 6.07) is 0.654. The molecule has 2 atom stereocenters. The van der Waals surface area contributed by atoms with E-state index in [1.54, 1.807) is 0 Å². The maximum Gasteiger partial charge on any atom is 0.222 e. The van der Waals surface area contributed by atoms with E-state index in [1.807, 2.05) is 0 Å². The lowest BCUT2D eigenvalue weighted by molar-refractivity contribution is -0.133. The zero-order valence-corrected chi connectivity index (χ0v) is 12.5. The molecule has 0 radical (unpaired) electrons. The van der Waals surface area contributed by atoms with Crippen LogP contribution in [0.2, 0.25) is 0 Å². The normalized spacial score (nSPS) is 26.6. The first-order chi connectivity index (χ1) is 9.20. The predicted molar refractivity (Wildman–Crippen MR) is 78.1 cm³/mol. The van der Waals surface area contributed by atoms with Crippen LogP contribution in [-0.4, -0.2) is 61.0 Å². The number of hydrogen-bond donors (Lipinski definition) is 1. The molecule has 2 unspecified atom stereocenters. The highest BCUT2D eigenvalue weighted by molar-refractivity contribution is 5.76. The molecule has 110 valence electrons. The summed E-state index contributed by atoms with van der Waals surface area (Å²) in [7, 11) is 0. The van der Waals surface area contributed by atoms with Crippen LogP contribution in [-0.2, 0) is 4.79 Å². The molecular weight excluding hydrogens is 238 g/mol. The zero-order valence-electron chi connectivity index (χ0n) is 12.5. The van der Waals surface area contributed by atoms with Crippen molar-refractivity contribution in [2.24, 2.45) is 5.92 Å². The Morgan fingerprint density at radius 2 is 2.05 bits per heavy atom. The summed E-state index contributed by atoms with van der Waals surface area (Å²) in [5, 5.41) is 3.37. The topological polar surface area (TPSA) is 35.6 Å². The van der Waals surface area contributed by atoms with E-state index in [9.17, 15) is 4.79 Å². The molecule has 19 heavy (non-hydrogen) atoms. The van der Waals surface area contributed by atoms with E-state index in [2.05, 4.69) is 29.0 Å². The van der Waals surface area contributed by atoms with Crippen molar-refractivity contribution >= 4 is 5.91 Å². The van der Waals surface area contributed by atoms with Gasteiger partial charge in [0.25, 0.3) is 0 Å². The second-order valence-corrected chi connectivity index (χ2v) is 6.07. The lowest BCUT2D eigenvalue weighted by Gasteiger charge is -2.38. The molecule has 2 rings (SSSR count). The first-order valence-electron chi connectivity index (χ1n) is 7.93. The van der Waals surface area contributed by atoms with Crippen molar-refractivity contribution < 1.29 is 4.79 Å². The summed E-state index contributed by atoms with van der Waals surface area (Å²) < 4.78 is 0. The first kappa shape index (κ1) is 14.8. The summed E-state index contributed by atoms with van der Waals surface area (Å²) in [6.07, 6.45) is 4.25. The van der Waals surface area contributed by atoms with Gasteiger partial charge >= 0.3 is 0 Å². The van der Waals surface area contributed by atoms with Crippen LogP contribution in [0.3, 0.4) is 0 Å². The van der Waals surface area contributed by atoms with Gasteiger partial charge in [0, 0.05) is 38.6 Å². The Bertz CT molecular complexity index is 281. The van der Waals surface area contributed by atoms with Gasteiger partial charge in [0.1, 0.15) is 0 Å². The molecule has 1 amide bonds. The fraction of sp³-hybridized carbons (Fsp3) is 0.933. The van der Waals surface area contributed by atoms with E-state index in [4.69, 9.17) is 0 Å². The third-order valence-corrected chi connectivity index (χ3v) is 4.81. The van der Waals surface area contributed by atoms with Gasteiger partial charge in [0.2, 0.25) is 5.91 Å². The van der Waals surface area contributed by atoms with Crippen LogP contribution >= 0.6 is 0 Å². The summed E-state index contributed by atoms with van der Waals surface area (Å²) in [4.78, 5) is 16.8. The second-order valence-electron chi connectivity index (χ2n) is 6.07. The van der Waals surface area contributed by atoms with E-state index in [0.717, 1.165) is 58.0 Å². The third-order valence-electron chi connectivity index (χ3n) is 4.81. The van der Waals surface area contributed by atoms with Crippen molar-refractivity contribution in [3.05, 3.63) is 0 Å². The summed E-state index contributed by atoms with van der Waals surface area (Å²) in [5.74, 6) is 1.10. The monoisotopic (exact) mass is 267 g/mol. The molecule has 4 nitrogen and oxygen atoms in total. The fourth-order valence-electron chi connectivity index (χ4n) is 3.12.